The molecular formula is C18H24N+. The number of nitrogens with zero attached hydrogens (tertiary/aromatic N) is 1. The third kappa shape index (κ3) is 2.86. The Morgan fingerprint density at radius 3 is 2.53 bits per heavy atom. The van der Waals surface area contributed by atoms with Crippen molar-refractivity contribution in [1.29, 1.82) is 0 Å². The van der Waals surface area contributed by atoms with Crippen molar-refractivity contribution in [3.8, 4) is 11.3 Å². The highest BCUT2D eigenvalue weighted by atomic mass is 14.9. The van der Waals surface area contributed by atoms with Gasteiger partial charge in [-0.3, -0.25) is 0 Å². The minimum Gasteiger partial charge on any atom is -0.201 e. The molecule has 1 aromatic carbocycles. The summed E-state index contributed by atoms with van der Waals surface area (Å²) in [5.74, 6) is 0. The van der Waals surface area contributed by atoms with Gasteiger partial charge in [-0.05, 0) is 41.9 Å². The zero-order valence-corrected chi connectivity index (χ0v) is 12.3. The average Bonchev–Trinajstić information content (AvgIpc) is 2.40. The molecule has 0 aliphatic rings. The van der Waals surface area contributed by atoms with Crippen LogP contribution in [0.4, 0.5) is 0 Å². The second-order valence-electron chi connectivity index (χ2n) is 6.10. The molecule has 1 nitrogen and oxygen atoms in total. The zero-order chi connectivity index (χ0) is 17.6. The first kappa shape index (κ1) is 9.30. The van der Waals surface area contributed by atoms with Gasteiger partial charge in [0, 0.05) is 21.8 Å². The molecule has 19 heavy (non-hydrogen) atoms. The number of pyridine rings is 1. The van der Waals surface area contributed by atoms with Crippen molar-refractivity contribution >= 4 is 0 Å². The van der Waals surface area contributed by atoms with Gasteiger partial charge in [-0.2, -0.15) is 0 Å². The van der Waals surface area contributed by atoms with Crippen molar-refractivity contribution < 1.29 is 10.1 Å². The Balaban J connectivity index is 2.74. The number of benzene rings is 1. The summed E-state index contributed by atoms with van der Waals surface area (Å²) in [4.78, 5) is 0. The van der Waals surface area contributed by atoms with Crippen molar-refractivity contribution in [3.63, 3.8) is 0 Å². The molecule has 2 aromatic rings. The van der Waals surface area contributed by atoms with Crippen LogP contribution in [-0.2, 0) is 12.5 Å². The minimum absolute atomic E-state index is 0.00640. The molecule has 1 heterocycles. The minimum atomic E-state index is -2.21. The molecule has 0 saturated heterocycles. The van der Waals surface area contributed by atoms with Gasteiger partial charge in [0.1, 0.15) is 8.42 Å². The maximum atomic E-state index is 8.09. The first-order valence-electron chi connectivity index (χ1n) is 8.54. The fourth-order valence-corrected chi connectivity index (χ4v) is 2.14. The van der Waals surface area contributed by atoms with Gasteiger partial charge in [0.2, 0.25) is 5.69 Å². The molecule has 0 amide bonds. The van der Waals surface area contributed by atoms with Gasteiger partial charge in [0.15, 0.2) is 6.17 Å². The van der Waals surface area contributed by atoms with Gasteiger partial charge < -0.3 is 0 Å². The van der Waals surface area contributed by atoms with Crippen LogP contribution in [0.3, 0.4) is 0 Å². The largest absolute Gasteiger partial charge is 0.212 e. The Bertz CT molecular complexity index is 740. The highest BCUT2D eigenvalue weighted by Crippen LogP contribution is 2.28. The molecule has 1 heteroatoms. The zero-order valence-electron chi connectivity index (χ0n) is 16.3. The molecule has 100 valence electrons. The van der Waals surface area contributed by atoms with Gasteiger partial charge in [-0.25, -0.2) is 4.57 Å². The fraction of sp³-hybridized carbons (Fsp3) is 0.389. The normalized spacial score (nSPS) is 15.4. The lowest BCUT2D eigenvalue weighted by Gasteiger charge is -2.20. The number of aromatic nitrogens is 1. The van der Waals surface area contributed by atoms with E-state index in [1.807, 2.05) is 6.92 Å². The first-order chi connectivity index (χ1) is 10.4. The van der Waals surface area contributed by atoms with Gasteiger partial charge in [-0.15, -0.1) is 0 Å². The topological polar surface area (TPSA) is 3.88 Å². The molecule has 2 rings (SSSR count). The molecule has 0 atom stereocenters. The van der Waals surface area contributed by atoms with Gasteiger partial charge >= 0.3 is 0 Å². The summed E-state index contributed by atoms with van der Waals surface area (Å²) in [6.45, 7) is 6.24. The highest BCUT2D eigenvalue weighted by Gasteiger charge is 2.18. The van der Waals surface area contributed by atoms with Crippen LogP contribution in [0.1, 0.15) is 42.9 Å². The molecule has 0 aliphatic carbocycles. The average molecular weight is 258 g/mol. The van der Waals surface area contributed by atoms with E-state index in [1.54, 1.807) is 17.7 Å². The third-order valence-electron chi connectivity index (χ3n) is 3.45. The lowest BCUT2D eigenvalue weighted by Crippen LogP contribution is -2.30. The third-order valence-corrected chi connectivity index (χ3v) is 3.45. The molecule has 0 saturated carbocycles. The van der Waals surface area contributed by atoms with Crippen LogP contribution in [-0.4, -0.2) is 0 Å². The van der Waals surface area contributed by atoms with E-state index in [0.717, 1.165) is 16.8 Å². The van der Waals surface area contributed by atoms with Crippen molar-refractivity contribution in [2.24, 2.45) is 7.05 Å². The molecule has 0 N–H and O–H groups in total. The van der Waals surface area contributed by atoms with E-state index in [4.69, 9.17) is 5.48 Å². The van der Waals surface area contributed by atoms with Crippen molar-refractivity contribution in [3.05, 3.63) is 53.2 Å². The SMILES string of the molecule is [2H]c1cc(C([2H])([2H])[2H])cc(-c2cc(C(C)(C)C)ccc2C)[n+]1C. The van der Waals surface area contributed by atoms with Gasteiger partial charge in [0.25, 0.3) is 0 Å². The Morgan fingerprint density at radius 1 is 1.16 bits per heavy atom. The van der Waals surface area contributed by atoms with E-state index in [9.17, 15) is 0 Å². The Hall–Kier alpha value is -1.63. The van der Waals surface area contributed by atoms with E-state index >= 15 is 0 Å². The van der Waals surface area contributed by atoms with Crippen LogP contribution in [0.2, 0.25) is 0 Å². The summed E-state index contributed by atoms with van der Waals surface area (Å²) in [5, 5.41) is 0. The number of aryl methyl sites for hydroxylation is 2. The standard InChI is InChI=1S/C18H24N/c1-13-9-10-19(6)17(11-13)16-12-15(18(3,4)5)8-7-14(16)2/h7-12H,1-6H3/q+1/i1D3,10D. The monoisotopic (exact) mass is 258 g/mol. The number of hydrogen-bond donors (Lipinski definition) is 0. The molecule has 0 fully saturated rings. The van der Waals surface area contributed by atoms with Crippen molar-refractivity contribution in [1.82, 2.24) is 0 Å². The summed E-state index contributed by atoms with van der Waals surface area (Å²) >= 11 is 0. The summed E-state index contributed by atoms with van der Waals surface area (Å²) in [6, 6.07) is 9.36. The van der Waals surface area contributed by atoms with E-state index in [2.05, 4.69) is 39.0 Å². The molecule has 0 bridgehead atoms. The van der Waals surface area contributed by atoms with Crippen LogP contribution >= 0.6 is 0 Å². The fourth-order valence-electron chi connectivity index (χ4n) is 2.14. The van der Waals surface area contributed by atoms with E-state index in [0.29, 0.717) is 0 Å². The van der Waals surface area contributed by atoms with E-state index in [-0.39, 0.29) is 17.2 Å². The Labute approximate surface area is 122 Å². The number of hydrogen-bond acceptors (Lipinski definition) is 0. The van der Waals surface area contributed by atoms with Crippen molar-refractivity contribution in [2.45, 2.75) is 40.0 Å². The Morgan fingerprint density at radius 2 is 1.89 bits per heavy atom. The van der Waals surface area contributed by atoms with E-state index < -0.39 is 6.85 Å². The second-order valence-corrected chi connectivity index (χ2v) is 6.10. The van der Waals surface area contributed by atoms with Crippen LogP contribution < -0.4 is 4.57 Å². The van der Waals surface area contributed by atoms with E-state index in [1.165, 1.54) is 11.6 Å². The molecule has 0 aliphatic heterocycles. The second kappa shape index (κ2) is 4.80. The molecule has 1 aromatic heterocycles. The quantitative estimate of drug-likeness (QED) is 0.678. The van der Waals surface area contributed by atoms with Crippen LogP contribution in [0, 0.1) is 13.8 Å². The van der Waals surface area contributed by atoms with Crippen LogP contribution in [0.5, 0.6) is 0 Å². The lowest BCUT2D eigenvalue weighted by molar-refractivity contribution is -0.660. The Kier molecular flexibility index (Phi) is 2.35. The summed E-state index contributed by atoms with van der Waals surface area (Å²) in [6.07, 6.45) is 0.189. The predicted molar refractivity (Wildman–Crippen MR) is 81.2 cm³/mol. The lowest BCUT2D eigenvalue weighted by atomic mass is 9.85. The molecule has 0 radical (unpaired) electrons. The van der Waals surface area contributed by atoms with Crippen LogP contribution in [0.15, 0.2) is 36.5 Å². The number of rotatable bonds is 1. The summed E-state index contributed by atoms with van der Waals surface area (Å²) < 4.78 is 32.7. The predicted octanol–water partition coefficient (Wildman–Crippen LogP) is 4.09. The maximum Gasteiger partial charge on any atom is 0.212 e. The van der Waals surface area contributed by atoms with Crippen LogP contribution in [0.25, 0.3) is 11.3 Å². The highest BCUT2D eigenvalue weighted by molar-refractivity contribution is 5.63. The smallest absolute Gasteiger partial charge is 0.201 e. The molecule has 0 unspecified atom stereocenters. The first-order valence-corrected chi connectivity index (χ1v) is 6.54. The summed E-state index contributed by atoms with van der Waals surface area (Å²) in [5.41, 5.74) is 4.19. The maximum absolute atomic E-state index is 8.09. The molecule has 0 spiro atoms. The summed E-state index contributed by atoms with van der Waals surface area (Å²) in [7, 11) is 1.80. The van der Waals surface area contributed by atoms with Gasteiger partial charge in [0.05, 0.1) is 0 Å². The van der Waals surface area contributed by atoms with Gasteiger partial charge in [-0.1, -0.05) is 32.9 Å². The van der Waals surface area contributed by atoms with Crippen molar-refractivity contribution in [2.75, 3.05) is 0 Å². The molecular weight excluding hydrogens is 230 g/mol.